The minimum absolute atomic E-state index is 0.00569. The third kappa shape index (κ3) is 7.03. The first-order valence-electron chi connectivity index (χ1n) is 13.2. The van der Waals surface area contributed by atoms with Gasteiger partial charge in [-0.2, -0.15) is 0 Å². The van der Waals surface area contributed by atoms with Gasteiger partial charge in [0.1, 0.15) is 0 Å². The quantitative estimate of drug-likeness (QED) is 0.299. The van der Waals surface area contributed by atoms with Crippen molar-refractivity contribution < 1.29 is 9.59 Å². The number of fused-ring (bicyclic) bond motifs is 1. The van der Waals surface area contributed by atoms with E-state index in [-0.39, 0.29) is 22.4 Å². The second-order valence-corrected chi connectivity index (χ2v) is 11.4. The van der Waals surface area contributed by atoms with Crippen LogP contribution in [0.25, 0.3) is 0 Å². The van der Waals surface area contributed by atoms with Gasteiger partial charge in [0.05, 0.1) is 0 Å². The van der Waals surface area contributed by atoms with E-state index in [0.29, 0.717) is 28.7 Å². The van der Waals surface area contributed by atoms with Crippen molar-refractivity contribution in [3.8, 4) is 0 Å². The second-order valence-electron chi connectivity index (χ2n) is 11.4. The first kappa shape index (κ1) is 28.8. The Morgan fingerprint density at radius 3 is 1.94 bits per heavy atom. The zero-order valence-electron chi connectivity index (χ0n) is 23.6. The minimum Gasteiger partial charge on any atom is -0.289 e. The molecule has 190 valence electrons. The monoisotopic (exact) mass is 474 g/mol. The van der Waals surface area contributed by atoms with E-state index in [1.165, 1.54) is 16.7 Å². The summed E-state index contributed by atoms with van der Waals surface area (Å²) in [6.07, 6.45) is 12.9. The molecule has 0 radical (unpaired) electrons. The van der Waals surface area contributed by atoms with Gasteiger partial charge >= 0.3 is 0 Å². The Balaban J connectivity index is 2.11. The van der Waals surface area contributed by atoms with E-state index in [1.54, 1.807) is 19.1 Å². The fraction of sp³-hybridized carbons (Fsp3) is 0.515. The molecule has 1 unspecified atom stereocenters. The fourth-order valence-electron chi connectivity index (χ4n) is 4.75. The van der Waals surface area contributed by atoms with Crippen LogP contribution >= 0.6 is 0 Å². The van der Waals surface area contributed by atoms with Crippen molar-refractivity contribution in [2.45, 2.75) is 101 Å². The smallest absolute Gasteiger partial charge is 0.190 e. The second kappa shape index (κ2) is 12.0. The van der Waals surface area contributed by atoms with Crippen molar-refractivity contribution in [2.75, 3.05) is 0 Å². The summed E-state index contributed by atoms with van der Waals surface area (Å²) in [6.45, 7) is 19.8. The predicted octanol–water partition coefficient (Wildman–Crippen LogP) is 9.63. The van der Waals surface area contributed by atoms with Gasteiger partial charge in [-0.05, 0) is 84.0 Å². The molecule has 1 aliphatic carbocycles. The first-order valence-corrected chi connectivity index (χ1v) is 13.2. The molecule has 0 saturated carbocycles. The van der Waals surface area contributed by atoms with Gasteiger partial charge in [-0.1, -0.05) is 86.9 Å². The molecule has 0 spiro atoms. The molecule has 0 N–H and O–H groups in total. The van der Waals surface area contributed by atoms with Crippen molar-refractivity contribution >= 4 is 11.6 Å². The van der Waals surface area contributed by atoms with E-state index >= 15 is 0 Å². The van der Waals surface area contributed by atoms with Crippen molar-refractivity contribution in [2.24, 2.45) is 10.8 Å². The number of hydrogen-bond donors (Lipinski definition) is 0. The summed E-state index contributed by atoms with van der Waals surface area (Å²) >= 11 is 0. The Hall–Kier alpha value is -2.48. The highest BCUT2D eigenvalue weighted by Crippen LogP contribution is 2.38. The van der Waals surface area contributed by atoms with Crippen molar-refractivity contribution in [3.05, 3.63) is 81.5 Å². The number of carbonyl (C=O) groups is 2. The summed E-state index contributed by atoms with van der Waals surface area (Å²) in [5.41, 5.74) is 6.71. The Kier molecular flexibility index (Phi) is 9.84. The third-order valence-electron chi connectivity index (χ3n) is 8.36. The number of ketones is 2. The maximum absolute atomic E-state index is 13.1. The lowest BCUT2D eigenvalue weighted by molar-refractivity contribution is 0.0973. The Bertz CT molecular complexity index is 1070. The van der Waals surface area contributed by atoms with Crippen LogP contribution in [0.1, 0.15) is 122 Å². The normalized spacial score (nSPS) is 16.8. The minimum atomic E-state index is -0.0210. The van der Waals surface area contributed by atoms with Crippen molar-refractivity contribution in [3.63, 3.8) is 0 Å². The molecule has 1 aliphatic rings. The number of carbonyl (C=O) groups excluding carboxylic acids is 2. The largest absolute Gasteiger partial charge is 0.289 e. The highest BCUT2D eigenvalue weighted by atomic mass is 16.1. The van der Waals surface area contributed by atoms with Crippen LogP contribution in [0.2, 0.25) is 0 Å². The average molecular weight is 475 g/mol. The molecule has 2 rings (SSSR count). The van der Waals surface area contributed by atoms with Crippen molar-refractivity contribution in [1.82, 2.24) is 0 Å². The summed E-state index contributed by atoms with van der Waals surface area (Å²) < 4.78 is 0. The zero-order valence-corrected chi connectivity index (χ0v) is 23.6. The van der Waals surface area contributed by atoms with E-state index in [4.69, 9.17) is 0 Å². The van der Waals surface area contributed by atoms with Crippen LogP contribution in [-0.4, -0.2) is 11.6 Å². The molecule has 0 aliphatic heterocycles. The molecule has 0 fully saturated rings. The summed E-state index contributed by atoms with van der Waals surface area (Å²) in [5, 5.41) is 0. The molecule has 0 amide bonds. The molecule has 35 heavy (non-hydrogen) atoms. The van der Waals surface area contributed by atoms with Crippen LogP contribution in [0.4, 0.5) is 0 Å². The van der Waals surface area contributed by atoms with E-state index in [9.17, 15) is 9.59 Å². The van der Waals surface area contributed by atoms with Crippen LogP contribution in [0, 0.1) is 10.8 Å². The topological polar surface area (TPSA) is 34.1 Å². The molecule has 1 aromatic rings. The molecule has 1 atom stereocenters. The number of benzene rings is 1. The Morgan fingerprint density at radius 2 is 1.37 bits per heavy atom. The lowest BCUT2D eigenvalue weighted by atomic mass is 9.74. The number of allylic oxidation sites excluding steroid dienone is 8. The summed E-state index contributed by atoms with van der Waals surface area (Å²) in [6, 6.07) is 7.17. The lowest BCUT2D eigenvalue weighted by Gasteiger charge is -2.31. The molecular formula is C33H46O2. The number of Topliss-reactive ketones (excluding diaryl/α,β-unsaturated/α-hetero) is 2. The van der Waals surface area contributed by atoms with Gasteiger partial charge < -0.3 is 0 Å². The van der Waals surface area contributed by atoms with E-state index < -0.39 is 0 Å². The van der Waals surface area contributed by atoms with Gasteiger partial charge in [-0.15, -0.1) is 0 Å². The molecule has 1 aromatic carbocycles. The lowest BCUT2D eigenvalue weighted by Crippen LogP contribution is -2.21. The van der Waals surface area contributed by atoms with Gasteiger partial charge in [0.15, 0.2) is 11.6 Å². The van der Waals surface area contributed by atoms with Gasteiger partial charge in [0.25, 0.3) is 0 Å². The van der Waals surface area contributed by atoms with Crippen LogP contribution in [0.15, 0.2) is 70.4 Å². The molecule has 0 saturated heterocycles. The van der Waals surface area contributed by atoms with E-state index in [0.717, 1.165) is 32.1 Å². The van der Waals surface area contributed by atoms with E-state index in [2.05, 4.69) is 73.6 Å². The first-order chi connectivity index (χ1) is 16.3. The fourth-order valence-corrected chi connectivity index (χ4v) is 4.75. The van der Waals surface area contributed by atoms with E-state index in [1.807, 2.05) is 12.1 Å². The van der Waals surface area contributed by atoms with Crippen LogP contribution in [-0.2, 0) is 0 Å². The van der Waals surface area contributed by atoms with Crippen LogP contribution in [0.3, 0.4) is 0 Å². The summed E-state index contributed by atoms with van der Waals surface area (Å²) in [4.78, 5) is 25.9. The maximum atomic E-state index is 13.1. The van der Waals surface area contributed by atoms with Crippen molar-refractivity contribution in [1.29, 1.82) is 0 Å². The highest BCUT2D eigenvalue weighted by Gasteiger charge is 2.30. The Morgan fingerprint density at radius 1 is 0.800 bits per heavy atom. The maximum Gasteiger partial charge on any atom is 0.190 e. The Labute approximate surface area is 214 Å². The average Bonchev–Trinajstić information content (AvgIpc) is 2.81. The molecule has 0 heterocycles. The van der Waals surface area contributed by atoms with Gasteiger partial charge in [-0.3, -0.25) is 9.59 Å². The van der Waals surface area contributed by atoms with Crippen LogP contribution in [0.5, 0.6) is 0 Å². The number of rotatable bonds is 11. The third-order valence-corrected chi connectivity index (χ3v) is 8.36. The highest BCUT2D eigenvalue weighted by molar-refractivity contribution is 6.26. The van der Waals surface area contributed by atoms with Gasteiger partial charge in [-0.25, -0.2) is 0 Å². The summed E-state index contributed by atoms with van der Waals surface area (Å²) in [7, 11) is 0. The predicted molar refractivity (Wildman–Crippen MR) is 150 cm³/mol. The van der Waals surface area contributed by atoms with Crippen LogP contribution < -0.4 is 0 Å². The number of hydrogen-bond acceptors (Lipinski definition) is 2. The standard InChI is InChI=1S/C33H46O2/c1-10-33(9,22-14-16-24(4)32(7,8)21-13-15-23(2)3)25(5)19-20-27-26(6)30(34)28-17-11-12-18-29(28)31(27)35/h11-12,15-19H,10,13-14,20-22H2,1-9H3/b24-16+,25-19+. The summed E-state index contributed by atoms with van der Waals surface area (Å²) in [5.74, 6) is -0.0267. The molecule has 0 bridgehead atoms. The molecule has 2 heteroatoms. The molecular weight excluding hydrogens is 428 g/mol. The SMILES string of the molecule is CCC(C)(CC/C=C(\C)C(C)(C)CCC=C(C)C)/C(C)=C/CC1=C(C)C(=O)c2ccccc2C1=O. The molecule has 2 nitrogen and oxygen atoms in total. The van der Waals surface area contributed by atoms with Gasteiger partial charge in [0.2, 0.25) is 0 Å². The zero-order chi connectivity index (χ0) is 26.4. The van der Waals surface area contributed by atoms with Gasteiger partial charge in [0, 0.05) is 22.3 Å². The molecule has 0 aromatic heterocycles.